The van der Waals surface area contributed by atoms with E-state index in [1.807, 2.05) is 18.2 Å². The lowest BCUT2D eigenvalue weighted by Crippen LogP contribution is -1.93. The highest BCUT2D eigenvalue weighted by atomic mass is 35.5. The molecule has 1 aromatic carbocycles. The second kappa shape index (κ2) is 5.45. The standard InChI is InChI=1S/C14H8ClN3O4/c15-14(19)10-8-17(9-4-2-1-3-5-9)16-13(10)11-6-7-12(22-11)18(20)21/h1-8H. The number of nitro groups is 1. The fourth-order valence-corrected chi connectivity index (χ4v) is 2.10. The summed E-state index contributed by atoms with van der Waals surface area (Å²) < 4.78 is 6.54. The highest BCUT2D eigenvalue weighted by molar-refractivity contribution is 6.68. The molecule has 0 unspecified atom stereocenters. The smallest absolute Gasteiger partial charge is 0.399 e. The van der Waals surface area contributed by atoms with Crippen LogP contribution in [0.1, 0.15) is 10.4 Å². The number of carbonyl (C=O) groups excluding carboxylic acids is 1. The van der Waals surface area contributed by atoms with Crippen molar-refractivity contribution in [3.8, 4) is 17.1 Å². The van der Waals surface area contributed by atoms with Gasteiger partial charge in [0, 0.05) is 6.20 Å². The molecular weight excluding hydrogens is 310 g/mol. The number of hydrogen-bond acceptors (Lipinski definition) is 5. The first-order valence-electron chi connectivity index (χ1n) is 6.16. The van der Waals surface area contributed by atoms with Gasteiger partial charge in [0.1, 0.15) is 10.6 Å². The minimum atomic E-state index is -0.726. The van der Waals surface area contributed by atoms with E-state index in [1.54, 1.807) is 12.1 Å². The molecule has 0 spiro atoms. The van der Waals surface area contributed by atoms with Crippen LogP contribution in [0.2, 0.25) is 0 Å². The Balaban J connectivity index is 2.12. The highest BCUT2D eigenvalue weighted by Crippen LogP contribution is 2.29. The Kier molecular flexibility index (Phi) is 3.48. The molecule has 0 atom stereocenters. The predicted octanol–water partition coefficient (Wildman–Crippen LogP) is 3.42. The van der Waals surface area contributed by atoms with Crippen molar-refractivity contribution >= 4 is 22.7 Å². The Hall–Kier alpha value is -2.93. The molecule has 0 saturated heterocycles. The Morgan fingerprint density at radius 3 is 2.55 bits per heavy atom. The lowest BCUT2D eigenvalue weighted by atomic mass is 10.2. The van der Waals surface area contributed by atoms with Crippen molar-refractivity contribution < 1.29 is 14.1 Å². The number of hydrogen-bond donors (Lipinski definition) is 0. The summed E-state index contributed by atoms with van der Waals surface area (Å²) in [4.78, 5) is 21.6. The summed E-state index contributed by atoms with van der Waals surface area (Å²) in [6.45, 7) is 0. The van der Waals surface area contributed by atoms with Gasteiger partial charge >= 0.3 is 5.88 Å². The van der Waals surface area contributed by atoms with E-state index in [4.69, 9.17) is 16.0 Å². The number of furan rings is 1. The molecule has 3 rings (SSSR count). The van der Waals surface area contributed by atoms with E-state index in [2.05, 4.69) is 5.10 Å². The Morgan fingerprint density at radius 1 is 1.23 bits per heavy atom. The second-order valence-electron chi connectivity index (χ2n) is 4.34. The summed E-state index contributed by atoms with van der Waals surface area (Å²) in [5.41, 5.74) is 0.973. The third kappa shape index (κ3) is 2.49. The number of nitrogens with zero attached hydrogens (tertiary/aromatic N) is 3. The lowest BCUT2D eigenvalue weighted by Gasteiger charge is -1.98. The molecule has 2 aromatic heterocycles. The number of rotatable bonds is 4. The molecule has 22 heavy (non-hydrogen) atoms. The predicted molar refractivity (Wildman–Crippen MR) is 78.1 cm³/mol. The van der Waals surface area contributed by atoms with Crippen molar-refractivity contribution in [3.05, 3.63) is 64.3 Å². The molecule has 3 aromatic rings. The minimum Gasteiger partial charge on any atom is -0.399 e. The topological polar surface area (TPSA) is 91.2 Å². The average molecular weight is 318 g/mol. The molecule has 0 radical (unpaired) electrons. The first-order chi connectivity index (χ1) is 10.6. The summed E-state index contributed by atoms with van der Waals surface area (Å²) >= 11 is 5.56. The quantitative estimate of drug-likeness (QED) is 0.417. The van der Waals surface area contributed by atoms with E-state index in [0.717, 1.165) is 0 Å². The van der Waals surface area contributed by atoms with Gasteiger partial charge in [-0.25, -0.2) is 4.68 Å². The minimum absolute atomic E-state index is 0.102. The third-order valence-electron chi connectivity index (χ3n) is 2.95. The van der Waals surface area contributed by atoms with Gasteiger partial charge < -0.3 is 4.42 Å². The normalized spacial score (nSPS) is 10.6. The summed E-state index contributed by atoms with van der Waals surface area (Å²) in [6, 6.07) is 11.6. The Morgan fingerprint density at radius 2 is 1.95 bits per heavy atom. The maximum atomic E-state index is 11.6. The van der Waals surface area contributed by atoms with E-state index in [-0.39, 0.29) is 17.0 Å². The van der Waals surface area contributed by atoms with E-state index in [9.17, 15) is 14.9 Å². The van der Waals surface area contributed by atoms with Gasteiger partial charge in [-0.05, 0) is 29.8 Å². The maximum Gasteiger partial charge on any atom is 0.433 e. The summed E-state index contributed by atoms with van der Waals surface area (Å²) in [5.74, 6) is -0.331. The Bertz CT molecular complexity index is 854. The first-order valence-corrected chi connectivity index (χ1v) is 6.53. The van der Waals surface area contributed by atoms with Gasteiger partial charge in [0.05, 0.1) is 17.3 Å². The lowest BCUT2D eigenvalue weighted by molar-refractivity contribution is -0.401. The van der Waals surface area contributed by atoms with Crippen molar-refractivity contribution in [1.29, 1.82) is 0 Å². The number of aromatic nitrogens is 2. The summed E-state index contributed by atoms with van der Waals surface area (Å²) in [5, 5.41) is 14.2. The van der Waals surface area contributed by atoms with Gasteiger partial charge in [0.15, 0.2) is 5.76 Å². The number of para-hydroxylation sites is 1. The van der Waals surface area contributed by atoms with E-state index < -0.39 is 16.0 Å². The van der Waals surface area contributed by atoms with Gasteiger partial charge in [-0.3, -0.25) is 14.9 Å². The first kappa shape index (κ1) is 14.0. The molecule has 2 heterocycles. The molecule has 0 bridgehead atoms. The zero-order valence-electron chi connectivity index (χ0n) is 11.0. The highest BCUT2D eigenvalue weighted by Gasteiger charge is 2.22. The van der Waals surface area contributed by atoms with Gasteiger partial charge in [-0.2, -0.15) is 5.10 Å². The Labute approximate surface area is 128 Å². The molecule has 0 amide bonds. The summed E-state index contributed by atoms with van der Waals surface area (Å²) in [7, 11) is 0. The third-order valence-corrected chi connectivity index (χ3v) is 3.16. The molecule has 0 N–H and O–H groups in total. The van der Waals surface area contributed by atoms with Crippen LogP contribution < -0.4 is 0 Å². The molecular formula is C14H8ClN3O4. The molecule has 7 nitrogen and oxygen atoms in total. The molecule has 110 valence electrons. The fraction of sp³-hybridized carbons (Fsp3) is 0. The zero-order chi connectivity index (χ0) is 15.7. The van der Waals surface area contributed by atoms with Gasteiger partial charge in [-0.1, -0.05) is 18.2 Å². The molecule has 0 aliphatic heterocycles. The van der Waals surface area contributed by atoms with Crippen LogP contribution in [0.5, 0.6) is 0 Å². The van der Waals surface area contributed by atoms with Crippen LogP contribution in [0, 0.1) is 10.1 Å². The number of halogens is 1. The molecule has 0 aliphatic carbocycles. The fourth-order valence-electron chi connectivity index (χ4n) is 1.97. The molecule has 0 fully saturated rings. The number of benzene rings is 1. The average Bonchev–Trinajstić information content (AvgIpc) is 3.15. The second-order valence-corrected chi connectivity index (χ2v) is 4.68. The van der Waals surface area contributed by atoms with Crippen LogP contribution in [-0.4, -0.2) is 19.9 Å². The van der Waals surface area contributed by atoms with Crippen LogP contribution in [0.3, 0.4) is 0 Å². The van der Waals surface area contributed by atoms with Crippen LogP contribution in [0.15, 0.2) is 53.1 Å². The van der Waals surface area contributed by atoms with Gasteiger partial charge in [0.25, 0.3) is 5.24 Å². The van der Waals surface area contributed by atoms with Crippen molar-refractivity contribution in [3.63, 3.8) is 0 Å². The number of carbonyl (C=O) groups is 1. The van der Waals surface area contributed by atoms with Gasteiger partial charge in [0.2, 0.25) is 0 Å². The molecule has 0 aliphatic rings. The molecule has 8 heteroatoms. The molecule has 0 saturated carbocycles. The largest absolute Gasteiger partial charge is 0.433 e. The van der Waals surface area contributed by atoms with Crippen LogP contribution >= 0.6 is 11.6 Å². The van der Waals surface area contributed by atoms with Crippen LogP contribution in [0.25, 0.3) is 17.1 Å². The maximum absolute atomic E-state index is 11.6. The van der Waals surface area contributed by atoms with E-state index >= 15 is 0 Å². The van der Waals surface area contributed by atoms with E-state index in [0.29, 0.717) is 5.69 Å². The van der Waals surface area contributed by atoms with Crippen LogP contribution in [-0.2, 0) is 0 Å². The SMILES string of the molecule is O=C(Cl)c1cn(-c2ccccc2)nc1-c1ccc([N+](=O)[O-])o1. The van der Waals surface area contributed by atoms with Crippen molar-refractivity contribution in [2.75, 3.05) is 0 Å². The summed E-state index contributed by atoms with van der Waals surface area (Å²) in [6.07, 6.45) is 1.45. The van der Waals surface area contributed by atoms with Gasteiger partial charge in [-0.15, -0.1) is 0 Å². The monoisotopic (exact) mass is 317 g/mol. The van der Waals surface area contributed by atoms with Crippen molar-refractivity contribution in [1.82, 2.24) is 9.78 Å². The van der Waals surface area contributed by atoms with Crippen molar-refractivity contribution in [2.45, 2.75) is 0 Å². The van der Waals surface area contributed by atoms with Crippen molar-refractivity contribution in [2.24, 2.45) is 0 Å². The van der Waals surface area contributed by atoms with E-state index in [1.165, 1.54) is 23.0 Å². The zero-order valence-corrected chi connectivity index (χ0v) is 11.7. The van der Waals surface area contributed by atoms with Crippen LogP contribution in [0.4, 0.5) is 5.88 Å².